The lowest BCUT2D eigenvalue weighted by atomic mass is 10.0. The molecule has 1 aromatic carbocycles. The van der Waals surface area contributed by atoms with Crippen molar-refractivity contribution in [3.63, 3.8) is 0 Å². The van der Waals surface area contributed by atoms with Crippen LogP contribution < -0.4 is 5.32 Å². The number of anilines is 1. The van der Waals surface area contributed by atoms with Crippen LogP contribution in [0.4, 0.5) is 5.69 Å². The summed E-state index contributed by atoms with van der Waals surface area (Å²) in [6.45, 7) is 4.65. The molecule has 19 heavy (non-hydrogen) atoms. The van der Waals surface area contributed by atoms with Gasteiger partial charge in [-0.25, -0.2) is 0 Å². The third-order valence-corrected chi connectivity index (χ3v) is 4.66. The van der Waals surface area contributed by atoms with Gasteiger partial charge in [-0.15, -0.1) is 0 Å². The number of hydrogen-bond donors (Lipinski definition) is 1. The minimum atomic E-state index is 0.744. The molecular formula is C16H25N3. The van der Waals surface area contributed by atoms with Gasteiger partial charge in [0.1, 0.15) is 0 Å². The average Bonchev–Trinajstić information content (AvgIpc) is 2.89. The fourth-order valence-electron chi connectivity index (χ4n) is 3.38. The van der Waals surface area contributed by atoms with Gasteiger partial charge in [-0.05, 0) is 57.6 Å². The first-order chi connectivity index (χ1) is 9.24. The Morgan fingerprint density at radius 1 is 1.32 bits per heavy atom. The van der Waals surface area contributed by atoms with Crippen molar-refractivity contribution >= 4 is 5.69 Å². The lowest BCUT2D eigenvalue weighted by Crippen LogP contribution is -2.41. The van der Waals surface area contributed by atoms with Gasteiger partial charge >= 0.3 is 0 Å². The average molecular weight is 259 g/mol. The number of fused-ring (bicyclic) bond motifs is 1. The minimum Gasteiger partial charge on any atom is -0.384 e. The van der Waals surface area contributed by atoms with E-state index >= 15 is 0 Å². The highest BCUT2D eigenvalue weighted by atomic mass is 15.2. The van der Waals surface area contributed by atoms with Crippen LogP contribution in [0.1, 0.15) is 24.0 Å². The molecule has 0 spiro atoms. The summed E-state index contributed by atoms with van der Waals surface area (Å²) in [5, 5.41) is 3.55. The maximum atomic E-state index is 3.55. The summed E-state index contributed by atoms with van der Waals surface area (Å²) in [5.41, 5.74) is 4.37. The predicted molar refractivity (Wildman–Crippen MR) is 80.6 cm³/mol. The summed E-state index contributed by atoms with van der Waals surface area (Å²) in [4.78, 5) is 4.98. The van der Waals surface area contributed by atoms with E-state index in [1.807, 2.05) is 0 Å². The SMILES string of the molecule is CN1CCC(N(C)Cc2cccc3c2NCC3)CC1. The van der Waals surface area contributed by atoms with Crippen molar-refractivity contribution in [1.82, 2.24) is 9.80 Å². The molecule has 3 nitrogen and oxygen atoms in total. The van der Waals surface area contributed by atoms with Gasteiger partial charge in [-0.3, -0.25) is 4.90 Å². The second-order valence-electron chi connectivity index (χ2n) is 6.08. The van der Waals surface area contributed by atoms with E-state index in [0.29, 0.717) is 0 Å². The van der Waals surface area contributed by atoms with E-state index in [0.717, 1.165) is 19.1 Å². The number of likely N-dealkylation sites (tertiary alicyclic amines) is 1. The van der Waals surface area contributed by atoms with Crippen molar-refractivity contribution in [2.75, 3.05) is 39.0 Å². The fourth-order valence-corrected chi connectivity index (χ4v) is 3.38. The maximum absolute atomic E-state index is 3.55. The molecule has 0 unspecified atom stereocenters. The molecule has 2 aliphatic rings. The third-order valence-electron chi connectivity index (χ3n) is 4.66. The van der Waals surface area contributed by atoms with E-state index in [1.165, 1.54) is 49.2 Å². The van der Waals surface area contributed by atoms with E-state index in [4.69, 9.17) is 0 Å². The topological polar surface area (TPSA) is 18.5 Å². The molecule has 0 radical (unpaired) electrons. The van der Waals surface area contributed by atoms with Gasteiger partial charge < -0.3 is 10.2 Å². The van der Waals surface area contributed by atoms with Crippen LogP contribution in [0.15, 0.2) is 18.2 Å². The van der Waals surface area contributed by atoms with Gasteiger partial charge in [-0.2, -0.15) is 0 Å². The number of nitrogens with one attached hydrogen (secondary N) is 1. The molecule has 2 aliphatic heterocycles. The van der Waals surface area contributed by atoms with Crippen LogP contribution in [-0.2, 0) is 13.0 Å². The summed E-state index contributed by atoms with van der Waals surface area (Å²) in [6, 6.07) is 7.49. The highest BCUT2D eigenvalue weighted by molar-refractivity contribution is 5.61. The molecular weight excluding hydrogens is 234 g/mol. The van der Waals surface area contributed by atoms with E-state index < -0.39 is 0 Å². The molecule has 1 N–H and O–H groups in total. The standard InChI is InChI=1S/C16H25N3/c1-18-10-7-15(8-11-18)19(2)12-14-5-3-4-13-6-9-17-16(13)14/h3-5,15,17H,6-12H2,1-2H3. The quantitative estimate of drug-likeness (QED) is 0.897. The van der Waals surface area contributed by atoms with Crippen LogP contribution in [0.2, 0.25) is 0 Å². The number of rotatable bonds is 3. The van der Waals surface area contributed by atoms with Gasteiger partial charge in [0.25, 0.3) is 0 Å². The Morgan fingerprint density at radius 2 is 2.11 bits per heavy atom. The number of para-hydroxylation sites is 1. The van der Waals surface area contributed by atoms with Crippen LogP contribution in [0.3, 0.4) is 0 Å². The predicted octanol–water partition coefficient (Wildman–Crippen LogP) is 2.18. The summed E-state index contributed by atoms with van der Waals surface area (Å²) in [5.74, 6) is 0. The minimum absolute atomic E-state index is 0.744. The molecule has 3 heteroatoms. The largest absolute Gasteiger partial charge is 0.384 e. The molecule has 2 heterocycles. The molecule has 0 saturated carbocycles. The van der Waals surface area contributed by atoms with Crippen molar-refractivity contribution in [3.05, 3.63) is 29.3 Å². The van der Waals surface area contributed by atoms with Gasteiger partial charge in [0, 0.05) is 24.8 Å². The van der Waals surface area contributed by atoms with E-state index in [9.17, 15) is 0 Å². The second-order valence-corrected chi connectivity index (χ2v) is 6.08. The Hall–Kier alpha value is -1.06. The van der Waals surface area contributed by atoms with E-state index in [-0.39, 0.29) is 0 Å². The fraction of sp³-hybridized carbons (Fsp3) is 0.625. The molecule has 0 aromatic heterocycles. The van der Waals surface area contributed by atoms with Crippen LogP contribution in [0, 0.1) is 0 Å². The van der Waals surface area contributed by atoms with Crippen LogP contribution in [-0.4, -0.2) is 49.6 Å². The molecule has 0 aliphatic carbocycles. The van der Waals surface area contributed by atoms with Crippen LogP contribution in [0.5, 0.6) is 0 Å². The van der Waals surface area contributed by atoms with Gasteiger partial charge in [0.05, 0.1) is 0 Å². The lowest BCUT2D eigenvalue weighted by molar-refractivity contribution is 0.139. The second kappa shape index (κ2) is 5.51. The number of piperidine rings is 1. The van der Waals surface area contributed by atoms with Crippen molar-refractivity contribution in [2.24, 2.45) is 0 Å². The molecule has 1 saturated heterocycles. The van der Waals surface area contributed by atoms with Crippen molar-refractivity contribution in [1.29, 1.82) is 0 Å². The molecule has 0 bridgehead atoms. The highest BCUT2D eigenvalue weighted by Gasteiger charge is 2.22. The van der Waals surface area contributed by atoms with Gasteiger partial charge in [-0.1, -0.05) is 18.2 Å². The Morgan fingerprint density at radius 3 is 2.89 bits per heavy atom. The third kappa shape index (κ3) is 2.77. The van der Waals surface area contributed by atoms with E-state index in [2.05, 4.69) is 47.4 Å². The van der Waals surface area contributed by atoms with E-state index in [1.54, 1.807) is 0 Å². The smallest absolute Gasteiger partial charge is 0.0419 e. The molecule has 0 amide bonds. The van der Waals surface area contributed by atoms with Crippen molar-refractivity contribution < 1.29 is 0 Å². The summed E-state index contributed by atoms with van der Waals surface area (Å²) < 4.78 is 0. The Bertz CT molecular complexity index is 436. The molecule has 1 aromatic rings. The summed E-state index contributed by atoms with van der Waals surface area (Å²) in [6.07, 6.45) is 3.78. The monoisotopic (exact) mass is 259 g/mol. The first-order valence-corrected chi connectivity index (χ1v) is 7.47. The highest BCUT2D eigenvalue weighted by Crippen LogP contribution is 2.28. The van der Waals surface area contributed by atoms with Crippen molar-refractivity contribution in [3.8, 4) is 0 Å². The number of benzene rings is 1. The number of nitrogens with zero attached hydrogens (tertiary/aromatic N) is 2. The molecule has 0 atom stereocenters. The first-order valence-electron chi connectivity index (χ1n) is 7.47. The maximum Gasteiger partial charge on any atom is 0.0419 e. The zero-order valence-corrected chi connectivity index (χ0v) is 12.2. The summed E-state index contributed by atoms with van der Waals surface area (Å²) in [7, 11) is 4.51. The van der Waals surface area contributed by atoms with Gasteiger partial charge in [0.2, 0.25) is 0 Å². The lowest BCUT2D eigenvalue weighted by Gasteiger charge is -2.35. The van der Waals surface area contributed by atoms with Crippen LogP contribution in [0.25, 0.3) is 0 Å². The van der Waals surface area contributed by atoms with Crippen molar-refractivity contribution in [2.45, 2.75) is 31.8 Å². The molecule has 104 valence electrons. The Balaban J connectivity index is 1.66. The zero-order chi connectivity index (χ0) is 13.2. The van der Waals surface area contributed by atoms with Crippen LogP contribution >= 0.6 is 0 Å². The van der Waals surface area contributed by atoms with Gasteiger partial charge in [0.15, 0.2) is 0 Å². The Kier molecular flexibility index (Phi) is 3.76. The zero-order valence-electron chi connectivity index (χ0n) is 12.2. The first kappa shape index (κ1) is 12.9. The normalized spacial score (nSPS) is 20.6. The Labute approximate surface area is 116 Å². The molecule has 3 rings (SSSR count). The molecule has 1 fully saturated rings. The number of hydrogen-bond acceptors (Lipinski definition) is 3. The summed E-state index contributed by atoms with van der Waals surface area (Å²) >= 11 is 0.